The van der Waals surface area contributed by atoms with Gasteiger partial charge in [0.25, 0.3) is 0 Å². The number of nitrogens with one attached hydrogen (secondary N) is 2. The molecule has 0 unspecified atom stereocenters. The minimum absolute atomic E-state index is 0.0630. The van der Waals surface area contributed by atoms with Crippen LogP contribution in [0.3, 0.4) is 0 Å². The Morgan fingerprint density at radius 3 is 2.40 bits per heavy atom. The molecule has 0 heterocycles. The standard InChI is InChI=1S/C19H21FN2O3/c1-19(2,13-7-5-4-6-8-13)12-17(23)21-14-9-10-15(20)16(11-14)22-18(24)25-3/h4-11H,12H2,1-3H3,(H,21,23)(H,22,24). The topological polar surface area (TPSA) is 67.4 Å². The molecule has 0 saturated carbocycles. The maximum absolute atomic E-state index is 13.7. The van der Waals surface area contributed by atoms with Crippen molar-refractivity contribution in [1.29, 1.82) is 0 Å². The lowest BCUT2D eigenvalue weighted by molar-refractivity contribution is -0.117. The first-order valence-electron chi connectivity index (χ1n) is 7.82. The average Bonchev–Trinajstić information content (AvgIpc) is 2.58. The number of benzene rings is 2. The van der Waals surface area contributed by atoms with E-state index in [2.05, 4.69) is 15.4 Å². The van der Waals surface area contributed by atoms with Gasteiger partial charge >= 0.3 is 6.09 Å². The van der Waals surface area contributed by atoms with Gasteiger partial charge in [-0.1, -0.05) is 44.2 Å². The van der Waals surface area contributed by atoms with Crippen LogP contribution in [0, 0.1) is 5.82 Å². The molecule has 0 bridgehead atoms. The maximum Gasteiger partial charge on any atom is 0.411 e. The zero-order chi connectivity index (χ0) is 18.4. The summed E-state index contributed by atoms with van der Waals surface area (Å²) in [7, 11) is 1.19. The SMILES string of the molecule is COC(=O)Nc1cc(NC(=O)CC(C)(C)c2ccccc2)ccc1F. The van der Waals surface area contributed by atoms with E-state index in [0.717, 1.165) is 5.56 Å². The van der Waals surface area contributed by atoms with Crippen molar-refractivity contribution in [2.24, 2.45) is 0 Å². The van der Waals surface area contributed by atoms with Gasteiger partial charge in [0.15, 0.2) is 0 Å². The summed E-state index contributed by atoms with van der Waals surface area (Å²) in [6.07, 6.45) is -0.527. The van der Waals surface area contributed by atoms with Gasteiger partial charge in [0.05, 0.1) is 12.8 Å². The van der Waals surface area contributed by atoms with Gasteiger partial charge in [-0.05, 0) is 29.2 Å². The van der Waals surface area contributed by atoms with Gasteiger partial charge in [0, 0.05) is 12.1 Å². The van der Waals surface area contributed by atoms with Gasteiger partial charge < -0.3 is 10.1 Å². The van der Waals surface area contributed by atoms with Crippen LogP contribution in [-0.2, 0) is 14.9 Å². The second kappa shape index (κ2) is 7.79. The van der Waals surface area contributed by atoms with Gasteiger partial charge in [0.1, 0.15) is 5.82 Å². The van der Waals surface area contributed by atoms with E-state index in [1.54, 1.807) is 0 Å². The number of carbonyl (C=O) groups is 2. The minimum Gasteiger partial charge on any atom is -0.453 e. The molecule has 0 aliphatic rings. The number of hydrogen-bond donors (Lipinski definition) is 2. The monoisotopic (exact) mass is 344 g/mol. The van der Waals surface area contributed by atoms with Crippen LogP contribution < -0.4 is 10.6 Å². The molecular formula is C19H21FN2O3. The molecule has 0 aromatic heterocycles. The Kier molecular flexibility index (Phi) is 5.75. The van der Waals surface area contributed by atoms with Crippen LogP contribution in [0.5, 0.6) is 0 Å². The minimum atomic E-state index is -0.785. The van der Waals surface area contributed by atoms with Crippen LogP contribution in [0.1, 0.15) is 25.8 Å². The Labute approximate surface area is 146 Å². The number of ether oxygens (including phenoxy) is 1. The first kappa shape index (κ1) is 18.4. The van der Waals surface area contributed by atoms with E-state index in [0.29, 0.717) is 5.69 Å². The molecular weight excluding hydrogens is 323 g/mol. The lowest BCUT2D eigenvalue weighted by Gasteiger charge is -2.24. The number of hydrogen-bond acceptors (Lipinski definition) is 3. The van der Waals surface area contributed by atoms with Crippen molar-refractivity contribution in [2.75, 3.05) is 17.7 Å². The third kappa shape index (κ3) is 5.04. The summed E-state index contributed by atoms with van der Waals surface area (Å²) in [6, 6.07) is 13.7. The highest BCUT2D eigenvalue weighted by Crippen LogP contribution is 2.27. The first-order chi connectivity index (χ1) is 11.8. The van der Waals surface area contributed by atoms with E-state index in [1.165, 1.54) is 25.3 Å². The Balaban J connectivity index is 2.08. The number of methoxy groups -OCH3 is 1. The molecule has 6 heteroatoms. The van der Waals surface area contributed by atoms with Crippen molar-refractivity contribution in [3.63, 3.8) is 0 Å². The zero-order valence-electron chi connectivity index (χ0n) is 14.4. The number of amides is 2. The van der Waals surface area contributed by atoms with Crippen LogP contribution in [0.25, 0.3) is 0 Å². The van der Waals surface area contributed by atoms with Crippen molar-refractivity contribution in [1.82, 2.24) is 0 Å². The molecule has 0 radical (unpaired) electrons. The second-order valence-corrected chi connectivity index (χ2v) is 6.29. The van der Waals surface area contributed by atoms with Crippen molar-refractivity contribution in [3.8, 4) is 0 Å². The summed E-state index contributed by atoms with van der Waals surface area (Å²) in [5.41, 5.74) is 1.03. The predicted octanol–water partition coefficient (Wildman–Crippen LogP) is 4.31. The smallest absolute Gasteiger partial charge is 0.411 e. The molecule has 0 aliphatic carbocycles. The van der Waals surface area contributed by atoms with Crippen LogP contribution >= 0.6 is 0 Å². The highest BCUT2D eigenvalue weighted by molar-refractivity contribution is 5.93. The van der Waals surface area contributed by atoms with E-state index < -0.39 is 11.9 Å². The van der Waals surface area contributed by atoms with E-state index in [1.807, 2.05) is 44.2 Å². The van der Waals surface area contributed by atoms with Crippen LogP contribution in [0.15, 0.2) is 48.5 Å². The molecule has 2 amide bonds. The summed E-state index contributed by atoms with van der Waals surface area (Å²) in [6.45, 7) is 3.97. The van der Waals surface area contributed by atoms with Gasteiger partial charge in [-0.3, -0.25) is 10.1 Å². The lowest BCUT2D eigenvalue weighted by Crippen LogP contribution is -2.25. The lowest BCUT2D eigenvalue weighted by atomic mass is 9.81. The number of carbonyl (C=O) groups excluding carboxylic acids is 2. The summed E-state index contributed by atoms with van der Waals surface area (Å²) in [5, 5.41) is 4.99. The van der Waals surface area contributed by atoms with Crippen molar-refractivity contribution >= 4 is 23.4 Å². The Morgan fingerprint density at radius 1 is 1.08 bits per heavy atom. The zero-order valence-corrected chi connectivity index (χ0v) is 14.4. The Bertz CT molecular complexity index is 761. The quantitative estimate of drug-likeness (QED) is 0.849. The molecule has 0 aliphatic heterocycles. The van der Waals surface area contributed by atoms with Gasteiger partial charge in [0.2, 0.25) is 5.91 Å². The van der Waals surface area contributed by atoms with Gasteiger partial charge in [-0.2, -0.15) is 0 Å². The predicted molar refractivity (Wildman–Crippen MR) is 95.1 cm³/mol. The fourth-order valence-corrected chi connectivity index (χ4v) is 2.46. The average molecular weight is 344 g/mol. The second-order valence-electron chi connectivity index (χ2n) is 6.29. The van der Waals surface area contributed by atoms with Crippen molar-refractivity contribution < 1.29 is 18.7 Å². The molecule has 5 nitrogen and oxygen atoms in total. The molecule has 2 aromatic rings. The molecule has 132 valence electrons. The molecule has 2 rings (SSSR count). The van der Waals surface area contributed by atoms with Crippen molar-refractivity contribution in [2.45, 2.75) is 25.7 Å². The molecule has 2 aromatic carbocycles. The Hall–Kier alpha value is -2.89. The van der Waals surface area contributed by atoms with Crippen LogP contribution in [0.2, 0.25) is 0 Å². The van der Waals surface area contributed by atoms with Gasteiger partial charge in [-0.25, -0.2) is 9.18 Å². The molecule has 2 N–H and O–H groups in total. The molecule has 0 atom stereocenters. The number of halogens is 1. The van der Waals surface area contributed by atoms with Crippen molar-refractivity contribution in [3.05, 3.63) is 59.9 Å². The summed E-state index contributed by atoms with van der Waals surface area (Å²) in [5.74, 6) is -0.822. The number of rotatable bonds is 5. The molecule has 0 saturated heterocycles. The van der Waals surface area contributed by atoms with Crippen LogP contribution in [-0.4, -0.2) is 19.1 Å². The number of anilines is 2. The normalized spacial score (nSPS) is 10.9. The van der Waals surface area contributed by atoms with Crippen LogP contribution in [0.4, 0.5) is 20.6 Å². The van der Waals surface area contributed by atoms with Gasteiger partial charge in [-0.15, -0.1) is 0 Å². The summed E-state index contributed by atoms with van der Waals surface area (Å²) >= 11 is 0. The Morgan fingerprint density at radius 2 is 1.76 bits per heavy atom. The fourth-order valence-electron chi connectivity index (χ4n) is 2.46. The largest absolute Gasteiger partial charge is 0.453 e. The van der Waals surface area contributed by atoms with E-state index in [4.69, 9.17) is 0 Å². The van der Waals surface area contributed by atoms with E-state index in [-0.39, 0.29) is 23.4 Å². The molecule has 25 heavy (non-hydrogen) atoms. The van der Waals surface area contributed by atoms with E-state index >= 15 is 0 Å². The maximum atomic E-state index is 13.7. The highest BCUT2D eigenvalue weighted by Gasteiger charge is 2.24. The molecule has 0 spiro atoms. The third-order valence-electron chi connectivity index (χ3n) is 3.83. The highest BCUT2D eigenvalue weighted by atomic mass is 19.1. The first-order valence-corrected chi connectivity index (χ1v) is 7.82. The fraction of sp³-hybridized carbons (Fsp3) is 0.263. The molecule has 0 fully saturated rings. The third-order valence-corrected chi connectivity index (χ3v) is 3.83. The summed E-state index contributed by atoms with van der Waals surface area (Å²) in [4.78, 5) is 23.6. The van der Waals surface area contributed by atoms with E-state index in [9.17, 15) is 14.0 Å². The summed E-state index contributed by atoms with van der Waals surface area (Å²) < 4.78 is 18.2.